The number of imide groups is 1. The summed E-state index contributed by atoms with van der Waals surface area (Å²) in [5.74, 6) is -0.849. The average molecular weight is 616 g/mol. The van der Waals surface area contributed by atoms with Gasteiger partial charge in [0.25, 0.3) is 34.1 Å². The number of aromatic nitrogens is 2. The third-order valence-corrected chi connectivity index (χ3v) is 9.19. The van der Waals surface area contributed by atoms with Crippen LogP contribution in [0.3, 0.4) is 0 Å². The topological polar surface area (TPSA) is 131 Å². The largest absolute Gasteiger partial charge is 0.497 e. The van der Waals surface area contributed by atoms with Gasteiger partial charge in [-0.3, -0.25) is 33.3 Å². The van der Waals surface area contributed by atoms with E-state index in [0.717, 1.165) is 34.8 Å². The van der Waals surface area contributed by atoms with Crippen molar-refractivity contribution in [1.82, 2.24) is 9.24 Å². The monoisotopic (exact) mass is 615 g/mol. The molecule has 0 bridgehead atoms. The van der Waals surface area contributed by atoms with Gasteiger partial charge in [0.1, 0.15) is 5.75 Å². The highest BCUT2D eigenvalue weighted by molar-refractivity contribution is 6.33. The molecule has 0 aliphatic carbocycles. The molecule has 6 aromatic rings. The van der Waals surface area contributed by atoms with Gasteiger partial charge in [0.2, 0.25) is 0 Å². The minimum atomic E-state index is -0.929. The van der Waals surface area contributed by atoms with E-state index in [1.165, 1.54) is 19.2 Å². The van der Waals surface area contributed by atoms with E-state index in [2.05, 4.69) is 9.80 Å². The molecule has 2 aliphatic heterocycles. The van der Waals surface area contributed by atoms with Crippen LogP contribution in [0.2, 0.25) is 0 Å². The number of piperazine rings is 1. The number of hydrogen-bond acceptors (Lipinski definition) is 9. The van der Waals surface area contributed by atoms with Gasteiger partial charge in [-0.05, 0) is 54.6 Å². The lowest BCUT2D eigenvalue weighted by atomic mass is 9.93. The van der Waals surface area contributed by atoms with Crippen LogP contribution in [-0.2, 0) is 7.05 Å². The Bertz CT molecular complexity index is 2410. The average Bonchev–Trinajstić information content (AvgIpc) is 3.45. The van der Waals surface area contributed by atoms with E-state index in [4.69, 9.17) is 4.74 Å². The van der Waals surface area contributed by atoms with E-state index in [-0.39, 0.29) is 32.7 Å². The molecule has 8 rings (SSSR count). The molecular weight excluding hydrogens is 590 g/mol. The number of benzene rings is 4. The lowest BCUT2D eigenvalue weighted by Crippen LogP contribution is -2.55. The van der Waals surface area contributed by atoms with Crippen molar-refractivity contribution in [2.24, 2.45) is 7.05 Å². The summed E-state index contributed by atoms with van der Waals surface area (Å²) in [7, 11) is 2.94. The van der Waals surface area contributed by atoms with Crippen LogP contribution in [-0.4, -0.2) is 54.3 Å². The molecule has 4 aromatic carbocycles. The van der Waals surface area contributed by atoms with Crippen molar-refractivity contribution in [2.45, 2.75) is 0 Å². The fraction of sp³-hybridized carbons (Fsp3) is 0.176. The second-order valence-electron chi connectivity index (χ2n) is 11.5. The quantitative estimate of drug-likeness (QED) is 0.273. The summed E-state index contributed by atoms with van der Waals surface area (Å²) < 4.78 is 6.68. The van der Waals surface area contributed by atoms with Gasteiger partial charge in [0.05, 0.1) is 39.8 Å². The van der Waals surface area contributed by atoms with Crippen LogP contribution < -0.4 is 41.8 Å². The SMILES string of the molecule is COc1ccc(N2CCN(c3ccc4c5c(cccc35)C(=O)N(n3c(=O)c5cc6c(=O)n(C)c(=O)c6cc5c3=O)C4=O)CC2)cc1. The summed E-state index contributed by atoms with van der Waals surface area (Å²) in [6.45, 7) is 2.94. The molecule has 0 radical (unpaired) electrons. The first-order valence-electron chi connectivity index (χ1n) is 14.7. The number of nitrogens with zero attached hydrogens (tertiary/aromatic N) is 5. The van der Waals surface area contributed by atoms with E-state index in [1.54, 1.807) is 25.3 Å². The Balaban J connectivity index is 1.17. The van der Waals surface area contributed by atoms with Crippen LogP contribution in [0.25, 0.3) is 32.3 Å². The number of anilines is 2. The van der Waals surface area contributed by atoms with Crippen LogP contribution in [0.1, 0.15) is 20.7 Å². The molecule has 2 aromatic heterocycles. The van der Waals surface area contributed by atoms with Gasteiger partial charge >= 0.3 is 0 Å². The lowest BCUT2D eigenvalue weighted by Gasteiger charge is -2.38. The first-order valence-corrected chi connectivity index (χ1v) is 14.7. The molecular formula is C34H25N5O7. The molecule has 1 fully saturated rings. The summed E-state index contributed by atoms with van der Waals surface area (Å²) in [4.78, 5) is 84.6. The number of rotatable bonds is 4. The van der Waals surface area contributed by atoms with Gasteiger partial charge in [0.15, 0.2) is 0 Å². The Hall–Kier alpha value is -6.04. The molecule has 1 saturated heterocycles. The molecule has 0 unspecified atom stereocenters. The van der Waals surface area contributed by atoms with Crippen molar-refractivity contribution in [3.8, 4) is 5.75 Å². The van der Waals surface area contributed by atoms with Gasteiger partial charge in [-0.2, -0.15) is 9.69 Å². The van der Waals surface area contributed by atoms with Gasteiger partial charge in [-0.25, -0.2) is 0 Å². The zero-order valence-corrected chi connectivity index (χ0v) is 24.8. The molecule has 12 nitrogen and oxygen atoms in total. The highest BCUT2D eigenvalue weighted by Gasteiger charge is 2.38. The second-order valence-corrected chi connectivity index (χ2v) is 11.5. The Morgan fingerprint density at radius 2 is 1.13 bits per heavy atom. The molecule has 12 heteroatoms. The third-order valence-electron chi connectivity index (χ3n) is 9.19. The number of carbonyl (C=O) groups is 2. The molecule has 2 aliphatic rings. The van der Waals surface area contributed by atoms with Gasteiger partial charge in [-0.15, -0.1) is 0 Å². The first-order chi connectivity index (χ1) is 22.2. The number of ether oxygens (including phenoxy) is 1. The van der Waals surface area contributed by atoms with Crippen molar-refractivity contribution in [3.05, 3.63) is 119 Å². The fourth-order valence-electron chi connectivity index (χ4n) is 6.79. The van der Waals surface area contributed by atoms with Crippen molar-refractivity contribution in [1.29, 1.82) is 0 Å². The zero-order chi connectivity index (χ0) is 32.0. The van der Waals surface area contributed by atoms with Crippen LogP contribution in [0.5, 0.6) is 5.75 Å². The number of amides is 2. The van der Waals surface area contributed by atoms with Crippen molar-refractivity contribution >= 4 is 55.5 Å². The van der Waals surface area contributed by atoms with Crippen molar-refractivity contribution < 1.29 is 14.3 Å². The normalized spacial score (nSPS) is 15.1. The molecule has 0 N–H and O–H groups in total. The molecule has 228 valence electrons. The predicted octanol–water partition coefficient (Wildman–Crippen LogP) is 1.87. The molecule has 2 amide bonds. The highest BCUT2D eigenvalue weighted by atomic mass is 16.5. The third kappa shape index (κ3) is 3.66. The molecule has 0 atom stereocenters. The van der Waals surface area contributed by atoms with E-state index in [0.29, 0.717) is 33.5 Å². The number of carbonyl (C=O) groups excluding carboxylic acids is 2. The smallest absolute Gasteiger partial charge is 0.281 e. The predicted molar refractivity (Wildman–Crippen MR) is 174 cm³/mol. The van der Waals surface area contributed by atoms with Gasteiger partial charge < -0.3 is 14.5 Å². The minimum absolute atomic E-state index is 0.0157. The maximum absolute atomic E-state index is 13.9. The maximum atomic E-state index is 13.9. The van der Waals surface area contributed by atoms with Crippen LogP contribution >= 0.6 is 0 Å². The number of hydrogen-bond donors (Lipinski definition) is 0. The Morgan fingerprint density at radius 1 is 0.587 bits per heavy atom. The number of fused-ring (bicyclic) bond motifs is 2. The second kappa shape index (κ2) is 9.73. The van der Waals surface area contributed by atoms with E-state index in [9.17, 15) is 28.8 Å². The summed E-state index contributed by atoms with van der Waals surface area (Å²) >= 11 is 0. The van der Waals surface area contributed by atoms with Crippen molar-refractivity contribution in [2.75, 3.05) is 48.1 Å². The summed E-state index contributed by atoms with van der Waals surface area (Å²) in [6, 6.07) is 18.9. The fourth-order valence-corrected chi connectivity index (χ4v) is 6.79. The minimum Gasteiger partial charge on any atom is -0.497 e. The van der Waals surface area contributed by atoms with E-state index in [1.807, 2.05) is 36.4 Å². The summed E-state index contributed by atoms with van der Waals surface area (Å²) in [5.41, 5.74) is -0.748. The summed E-state index contributed by atoms with van der Waals surface area (Å²) in [5, 5.41) is 1.39. The molecule has 46 heavy (non-hydrogen) atoms. The van der Waals surface area contributed by atoms with Gasteiger partial charge in [0, 0.05) is 55.4 Å². The summed E-state index contributed by atoms with van der Waals surface area (Å²) in [6.07, 6.45) is 0. The van der Waals surface area contributed by atoms with Crippen molar-refractivity contribution in [3.63, 3.8) is 0 Å². The maximum Gasteiger partial charge on any atom is 0.281 e. The standard InChI is InChI=1S/C34H25N5O7/c1-35-29(40)23-16-25-26(17-24(23)30(35)41)34(45)39(33(25)44)38-31(42)21-5-3-4-20-27(11-10-22(28(20)21)32(38)43)37-14-12-36(13-15-37)18-6-8-19(46-2)9-7-18/h3-11,16-17H,12-15H2,1-2H3. The highest BCUT2D eigenvalue weighted by Crippen LogP contribution is 2.36. The lowest BCUT2D eigenvalue weighted by molar-refractivity contribution is 0.0849. The van der Waals surface area contributed by atoms with Crippen LogP contribution in [0.15, 0.2) is 85.9 Å². The van der Waals surface area contributed by atoms with Crippen LogP contribution in [0, 0.1) is 0 Å². The van der Waals surface area contributed by atoms with E-state index < -0.39 is 34.1 Å². The first kappa shape index (κ1) is 27.5. The molecule has 0 saturated carbocycles. The van der Waals surface area contributed by atoms with Gasteiger partial charge in [-0.1, -0.05) is 12.1 Å². The zero-order valence-electron chi connectivity index (χ0n) is 24.8. The van der Waals surface area contributed by atoms with Crippen LogP contribution in [0.4, 0.5) is 11.4 Å². The van der Waals surface area contributed by atoms with E-state index >= 15 is 0 Å². The Morgan fingerprint density at radius 3 is 1.72 bits per heavy atom. The Kier molecular flexibility index (Phi) is 5.82. The molecule has 4 heterocycles. The molecule has 0 spiro atoms. The Labute approximate surface area is 259 Å². The number of methoxy groups -OCH3 is 1.